The predicted molar refractivity (Wildman–Crippen MR) is 165 cm³/mol. The van der Waals surface area contributed by atoms with Crippen molar-refractivity contribution in [2.45, 2.75) is 33.4 Å². The van der Waals surface area contributed by atoms with Crippen LogP contribution in [0.1, 0.15) is 42.1 Å². The van der Waals surface area contributed by atoms with Gasteiger partial charge in [-0.1, -0.05) is 38.1 Å². The number of likely N-dealkylation sites (tertiary alicyclic amines) is 1. The van der Waals surface area contributed by atoms with Crippen LogP contribution in [0.2, 0.25) is 0 Å². The van der Waals surface area contributed by atoms with Gasteiger partial charge in [0.05, 0.1) is 32.9 Å². The van der Waals surface area contributed by atoms with Crippen LogP contribution in [0, 0.1) is 6.92 Å². The molecule has 228 valence electrons. The predicted octanol–water partition coefficient (Wildman–Crippen LogP) is 5.36. The monoisotopic (exact) mass is 588 g/mol. The molecule has 0 aromatic heterocycles. The van der Waals surface area contributed by atoms with Crippen molar-refractivity contribution in [3.05, 3.63) is 88.5 Å². The molecule has 1 unspecified atom stereocenters. The van der Waals surface area contributed by atoms with E-state index in [-0.39, 0.29) is 17.9 Å². The Balaban J connectivity index is 1.75. The summed E-state index contributed by atoms with van der Waals surface area (Å²) in [4.78, 5) is 30.7. The number of Topliss-reactive ketones (excluding diaryl/α,β-unsaturated/α-hetero) is 1. The van der Waals surface area contributed by atoms with Crippen LogP contribution in [0.4, 0.5) is 0 Å². The molecule has 1 N–H and O–H groups in total. The fraction of sp³-hybridized carbons (Fsp3) is 0.353. The highest BCUT2D eigenvalue weighted by atomic mass is 16.5. The van der Waals surface area contributed by atoms with E-state index >= 15 is 0 Å². The number of aliphatic hydroxyl groups is 1. The molecule has 1 amide bonds. The molecule has 1 atom stereocenters. The third-order valence-corrected chi connectivity index (χ3v) is 7.88. The first-order chi connectivity index (χ1) is 20.8. The molecule has 3 aromatic carbocycles. The van der Waals surface area contributed by atoms with Gasteiger partial charge >= 0.3 is 0 Å². The van der Waals surface area contributed by atoms with Crippen molar-refractivity contribution in [2.24, 2.45) is 0 Å². The van der Waals surface area contributed by atoms with Crippen LogP contribution in [0.15, 0.2) is 66.2 Å². The van der Waals surface area contributed by atoms with E-state index in [1.807, 2.05) is 45.0 Å². The molecular weight excluding hydrogens is 548 g/mol. The van der Waals surface area contributed by atoms with Crippen molar-refractivity contribution in [3.63, 3.8) is 0 Å². The summed E-state index contributed by atoms with van der Waals surface area (Å²) in [7, 11) is 4.51. The second-order valence-electron chi connectivity index (χ2n) is 10.2. The largest absolute Gasteiger partial charge is 0.507 e. The number of aryl methyl sites for hydroxylation is 1. The van der Waals surface area contributed by atoms with E-state index in [1.165, 1.54) is 26.2 Å². The Morgan fingerprint density at radius 2 is 1.53 bits per heavy atom. The average molecular weight is 589 g/mol. The minimum absolute atomic E-state index is 0.00704. The lowest BCUT2D eigenvalue weighted by Gasteiger charge is -2.29. The van der Waals surface area contributed by atoms with Gasteiger partial charge in [0.15, 0.2) is 11.5 Å². The van der Waals surface area contributed by atoms with Gasteiger partial charge in [-0.05, 0) is 73.1 Å². The number of ether oxygens (including phenoxy) is 4. The zero-order chi connectivity index (χ0) is 31.1. The van der Waals surface area contributed by atoms with E-state index in [9.17, 15) is 14.7 Å². The molecule has 3 aromatic rings. The third kappa shape index (κ3) is 6.62. The number of likely N-dealkylation sites (N-methyl/N-ethyl adjacent to an activating group) is 1. The minimum atomic E-state index is -0.874. The average Bonchev–Trinajstić information content (AvgIpc) is 3.29. The van der Waals surface area contributed by atoms with Crippen LogP contribution in [-0.4, -0.2) is 74.1 Å². The molecule has 1 aliphatic rings. The van der Waals surface area contributed by atoms with Crippen LogP contribution in [-0.2, 0) is 16.2 Å². The van der Waals surface area contributed by atoms with E-state index in [0.29, 0.717) is 47.3 Å². The Hall–Kier alpha value is -4.50. The maximum absolute atomic E-state index is 13.6. The number of carbonyl (C=O) groups excluding carboxylic acids is 2. The molecule has 0 aliphatic carbocycles. The van der Waals surface area contributed by atoms with E-state index in [4.69, 9.17) is 18.9 Å². The number of benzene rings is 3. The fourth-order valence-electron chi connectivity index (χ4n) is 5.30. The van der Waals surface area contributed by atoms with Gasteiger partial charge in [-0.15, -0.1) is 0 Å². The number of hydrogen-bond acceptors (Lipinski definition) is 8. The van der Waals surface area contributed by atoms with Crippen LogP contribution >= 0.6 is 0 Å². The summed E-state index contributed by atoms with van der Waals surface area (Å²) in [5.41, 5.74) is 3.14. The van der Waals surface area contributed by atoms with Crippen LogP contribution in [0.25, 0.3) is 5.76 Å². The highest BCUT2D eigenvalue weighted by Crippen LogP contribution is 2.45. The number of hydrogen-bond donors (Lipinski definition) is 1. The van der Waals surface area contributed by atoms with Crippen LogP contribution < -0.4 is 18.9 Å². The molecule has 1 fully saturated rings. The lowest BCUT2D eigenvalue weighted by atomic mass is 9.94. The first-order valence-electron chi connectivity index (χ1n) is 14.4. The number of aliphatic hydroxyl groups excluding tert-OH is 1. The maximum Gasteiger partial charge on any atom is 0.295 e. The summed E-state index contributed by atoms with van der Waals surface area (Å²) in [6, 6.07) is 17.4. The molecule has 0 radical (unpaired) electrons. The molecule has 4 rings (SSSR count). The smallest absolute Gasteiger partial charge is 0.295 e. The molecule has 9 heteroatoms. The molecule has 1 saturated heterocycles. The van der Waals surface area contributed by atoms with Crippen molar-refractivity contribution in [3.8, 4) is 23.0 Å². The van der Waals surface area contributed by atoms with Crippen molar-refractivity contribution in [1.82, 2.24) is 9.80 Å². The normalized spacial score (nSPS) is 16.1. The molecular formula is C34H40N2O7. The van der Waals surface area contributed by atoms with Gasteiger partial charge in [-0.3, -0.25) is 9.59 Å². The lowest BCUT2D eigenvalue weighted by Crippen LogP contribution is -2.38. The van der Waals surface area contributed by atoms with Gasteiger partial charge in [-0.2, -0.15) is 0 Å². The number of amides is 1. The van der Waals surface area contributed by atoms with Gasteiger partial charge in [-0.25, -0.2) is 0 Å². The quantitative estimate of drug-likeness (QED) is 0.162. The van der Waals surface area contributed by atoms with Gasteiger partial charge in [0, 0.05) is 18.7 Å². The minimum Gasteiger partial charge on any atom is -0.507 e. The van der Waals surface area contributed by atoms with E-state index in [0.717, 1.165) is 24.2 Å². The van der Waals surface area contributed by atoms with Gasteiger partial charge < -0.3 is 33.9 Å². The fourth-order valence-corrected chi connectivity index (χ4v) is 5.30. The summed E-state index contributed by atoms with van der Waals surface area (Å²) < 4.78 is 22.6. The SMILES string of the molecule is CCN(CC)CCN1C(=O)C(=O)C(=C(O)c2ccc(OCc3ccccc3C)cc2)C1c1cc(OC)c(OC)c(OC)c1. The Morgan fingerprint density at radius 1 is 0.907 bits per heavy atom. The highest BCUT2D eigenvalue weighted by molar-refractivity contribution is 6.46. The topological polar surface area (TPSA) is 97.8 Å². The number of carbonyl (C=O) groups is 2. The molecule has 0 bridgehead atoms. The zero-order valence-corrected chi connectivity index (χ0v) is 25.7. The maximum atomic E-state index is 13.6. The van der Waals surface area contributed by atoms with Crippen molar-refractivity contribution >= 4 is 17.4 Å². The summed E-state index contributed by atoms with van der Waals surface area (Å²) in [6.45, 7) is 8.97. The first-order valence-corrected chi connectivity index (χ1v) is 14.4. The Kier molecular flexibility index (Phi) is 10.3. The zero-order valence-electron chi connectivity index (χ0n) is 25.7. The van der Waals surface area contributed by atoms with Gasteiger partial charge in [0.2, 0.25) is 5.75 Å². The van der Waals surface area contributed by atoms with Gasteiger partial charge in [0.25, 0.3) is 11.7 Å². The number of methoxy groups -OCH3 is 3. The van der Waals surface area contributed by atoms with Crippen molar-refractivity contribution in [2.75, 3.05) is 47.5 Å². The van der Waals surface area contributed by atoms with Crippen molar-refractivity contribution < 1.29 is 33.6 Å². The third-order valence-electron chi connectivity index (χ3n) is 7.88. The Labute approximate surface area is 253 Å². The second-order valence-corrected chi connectivity index (χ2v) is 10.2. The van der Waals surface area contributed by atoms with Gasteiger partial charge in [0.1, 0.15) is 18.1 Å². The van der Waals surface area contributed by atoms with Crippen molar-refractivity contribution in [1.29, 1.82) is 0 Å². The molecule has 1 aliphatic heterocycles. The van der Waals surface area contributed by atoms with E-state index in [2.05, 4.69) is 4.90 Å². The summed E-state index contributed by atoms with van der Waals surface area (Å²) >= 11 is 0. The molecule has 43 heavy (non-hydrogen) atoms. The van der Waals surface area contributed by atoms with Crippen LogP contribution in [0.3, 0.4) is 0 Å². The lowest BCUT2D eigenvalue weighted by molar-refractivity contribution is -0.140. The molecule has 9 nitrogen and oxygen atoms in total. The molecule has 0 saturated carbocycles. The summed E-state index contributed by atoms with van der Waals surface area (Å²) in [5.74, 6) is 0.0488. The number of ketones is 1. The standard InChI is InChI=1S/C34H40N2O7/c1-7-35(8-2)17-18-36-30(25-19-27(40-4)33(42-6)28(20-25)41-5)29(32(38)34(36)39)31(37)23-13-15-26(16-14-23)43-21-24-12-10-9-11-22(24)3/h9-16,19-20,30,37H,7-8,17-18,21H2,1-6H3. The first kappa shape index (κ1) is 31.4. The summed E-state index contributed by atoms with van der Waals surface area (Å²) in [6.07, 6.45) is 0. The number of nitrogens with zero attached hydrogens (tertiary/aromatic N) is 2. The summed E-state index contributed by atoms with van der Waals surface area (Å²) in [5, 5.41) is 11.6. The Morgan fingerprint density at radius 3 is 2.09 bits per heavy atom. The second kappa shape index (κ2) is 14.1. The van der Waals surface area contributed by atoms with E-state index in [1.54, 1.807) is 36.4 Å². The Bertz CT molecular complexity index is 1450. The van der Waals surface area contributed by atoms with E-state index < -0.39 is 17.7 Å². The number of rotatable bonds is 13. The van der Waals surface area contributed by atoms with Crippen LogP contribution in [0.5, 0.6) is 23.0 Å². The molecule has 0 spiro atoms. The highest BCUT2D eigenvalue weighted by Gasteiger charge is 2.46. The molecule has 1 heterocycles.